The first-order valence-electron chi connectivity index (χ1n) is 6.00. The SMILES string of the molecule is C/C=C(\C)COc1c(Br)cc(Br)cc1C(C)(C)C. The first kappa shape index (κ1) is 15.8. The molecule has 100 valence electrons. The summed E-state index contributed by atoms with van der Waals surface area (Å²) in [5.41, 5.74) is 2.48. The molecular formula is C15H20Br2O. The van der Waals surface area contributed by atoms with Gasteiger partial charge in [-0.2, -0.15) is 0 Å². The van der Waals surface area contributed by atoms with Gasteiger partial charge in [0.1, 0.15) is 12.4 Å². The Kier molecular flexibility index (Phi) is 5.47. The van der Waals surface area contributed by atoms with Gasteiger partial charge in [-0.3, -0.25) is 0 Å². The molecule has 0 unspecified atom stereocenters. The van der Waals surface area contributed by atoms with E-state index in [1.807, 2.05) is 13.0 Å². The highest BCUT2D eigenvalue weighted by Gasteiger charge is 2.21. The van der Waals surface area contributed by atoms with Crippen LogP contribution in [0.3, 0.4) is 0 Å². The summed E-state index contributed by atoms with van der Waals surface area (Å²) in [6, 6.07) is 4.15. The van der Waals surface area contributed by atoms with Crippen LogP contribution >= 0.6 is 31.9 Å². The minimum atomic E-state index is 0.0471. The first-order valence-corrected chi connectivity index (χ1v) is 7.58. The smallest absolute Gasteiger partial charge is 0.137 e. The van der Waals surface area contributed by atoms with Gasteiger partial charge >= 0.3 is 0 Å². The highest BCUT2D eigenvalue weighted by Crippen LogP contribution is 2.39. The van der Waals surface area contributed by atoms with Crippen molar-refractivity contribution in [2.75, 3.05) is 6.61 Å². The predicted octanol–water partition coefficient (Wildman–Crippen LogP) is 5.85. The zero-order valence-corrected chi connectivity index (χ0v) is 14.8. The molecule has 0 saturated heterocycles. The van der Waals surface area contributed by atoms with Gasteiger partial charge in [0.05, 0.1) is 4.47 Å². The Morgan fingerprint density at radius 2 is 1.89 bits per heavy atom. The lowest BCUT2D eigenvalue weighted by Crippen LogP contribution is -2.14. The summed E-state index contributed by atoms with van der Waals surface area (Å²) >= 11 is 7.12. The van der Waals surface area contributed by atoms with E-state index in [0.717, 1.165) is 14.7 Å². The van der Waals surface area contributed by atoms with E-state index < -0.39 is 0 Å². The number of hydrogen-bond donors (Lipinski definition) is 0. The third-order valence-electron chi connectivity index (χ3n) is 2.75. The van der Waals surface area contributed by atoms with Crippen LogP contribution in [0.25, 0.3) is 0 Å². The lowest BCUT2D eigenvalue weighted by atomic mass is 9.86. The van der Waals surface area contributed by atoms with Gasteiger partial charge in [0.2, 0.25) is 0 Å². The monoisotopic (exact) mass is 374 g/mol. The standard InChI is InChI=1S/C15H20Br2O/c1-6-10(2)9-18-14-12(15(3,4)5)7-11(16)8-13(14)17/h6-8H,9H2,1-5H3/b10-6+. The van der Waals surface area contributed by atoms with Crippen molar-refractivity contribution in [3.63, 3.8) is 0 Å². The Hall–Kier alpha value is -0.280. The van der Waals surface area contributed by atoms with Gasteiger partial charge in [-0.05, 0) is 52.9 Å². The molecule has 0 fully saturated rings. The average Bonchev–Trinajstić information content (AvgIpc) is 2.25. The van der Waals surface area contributed by atoms with Crippen LogP contribution in [0, 0.1) is 0 Å². The minimum absolute atomic E-state index is 0.0471. The van der Waals surface area contributed by atoms with E-state index in [0.29, 0.717) is 6.61 Å². The maximum Gasteiger partial charge on any atom is 0.137 e. The van der Waals surface area contributed by atoms with E-state index in [2.05, 4.69) is 71.7 Å². The largest absolute Gasteiger partial charge is 0.488 e. The first-order chi connectivity index (χ1) is 8.25. The molecule has 0 aliphatic rings. The zero-order chi connectivity index (χ0) is 13.9. The molecule has 0 heterocycles. The van der Waals surface area contributed by atoms with Crippen molar-refractivity contribution < 1.29 is 4.74 Å². The van der Waals surface area contributed by atoms with Gasteiger partial charge in [-0.15, -0.1) is 0 Å². The van der Waals surface area contributed by atoms with Crippen LogP contribution in [0.4, 0.5) is 0 Å². The molecule has 3 heteroatoms. The fraction of sp³-hybridized carbons (Fsp3) is 0.467. The van der Waals surface area contributed by atoms with Crippen LogP contribution < -0.4 is 4.74 Å². The molecule has 0 amide bonds. The van der Waals surface area contributed by atoms with Crippen molar-refractivity contribution in [1.82, 2.24) is 0 Å². The Balaban J connectivity index is 3.16. The fourth-order valence-electron chi connectivity index (χ4n) is 1.53. The van der Waals surface area contributed by atoms with Crippen LogP contribution in [0.15, 0.2) is 32.7 Å². The van der Waals surface area contributed by atoms with Gasteiger partial charge in [0.25, 0.3) is 0 Å². The molecule has 1 aromatic carbocycles. The lowest BCUT2D eigenvalue weighted by Gasteiger charge is -2.24. The number of halogens is 2. The van der Waals surface area contributed by atoms with Crippen molar-refractivity contribution in [2.45, 2.75) is 40.0 Å². The van der Waals surface area contributed by atoms with Crippen molar-refractivity contribution in [3.05, 3.63) is 38.3 Å². The minimum Gasteiger partial charge on any atom is -0.488 e. The van der Waals surface area contributed by atoms with Gasteiger partial charge in [0.15, 0.2) is 0 Å². The van der Waals surface area contributed by atoms with Crippen molar-refractivity contribution in [1.29, 1.82) is 0 Å². The van der Waals surface area contributed by atoms with Gasteiger partial charge in [-0.25, -0.2) is 0 Å². The Morgan fingerprint density at radius 3 is 2.39 bits per heavy atom. The summed E-state index contributed by atoms with van der Waals surface area (Å²) < 4.78 is 8.02. The molecule has 0 N–H and O–H groups in total. The number of benzene rings is 1. The molecule has 0 aliphatic heterocycles. The fourth-order valence-corrected chi connectivity index (χ4v) is 2.87. The molecule has 1 nitrogen and oxygen atoms in total. The topological polar surface area (TPSA) is 9.23 Å². The van der Waals surface area contributed by atoms with Crippen molar-refractivity contribution >= 4 is 31.9 Å². The molecule has 0 aromatic heterocycles. The molecule has 0 spiro atoms. The molecule has 0 saturated carbocycles. The highest BCUT2D eigenvalue weighted by molar-refractivity contribution is 9.11. The van der Waals surface area contributed by atoms with Crippen LogP contribution in [-0.2, 0) is 5.41 Å². The summed E-state index contributed by atoms with van der Waals surface area (Å²) in [5, 5.41) is 0. The summed E-state index contributed by atoms with van der Waals surface area (Å²) in [7, 11) is 0. The molecule has 18 heavy (non-hydrogen) atoms. The maximum absolute atomic E-state index is 5.97. The second-order valence-corrected chi connectivity index (χ2v) is 7.21. The summed E-state index contributed by atoms with van der Waals surface area (Å²) in [6.07, 6.45) is 2.07. The van der Waals surface area contributed by atoms with Crippen LogP contribution in [0.2, 0.25) is 0 Å². The second kappa shape index (κ2) is 6.25. The third-order valence-corrected chi connectivity index (χ3v) is 3.80. The van der Waals surface area contributed by atoms with E-state index in [1.165, 1.54) is 11.1 Å². The quantitative estimate of drug-likeness (QED) is 0.601. The average molecular weight is 376 g/mol. The van der Waals surface area contributed by atoms with Crippen LogP contribution in [0.5, 0.6) is 5.75 Å². The summed E-state index contributed by atoms with van der Waals surface area (Å²) in [5.74, 6) is 0.937. The summed E-state index contributed by atoms with van der Waals surface area (Å²) in [4.78, 5) is 0. The normalized spacial score (nSPS) is 12.7. The van der Waals surface area contributed by atoms with Crippen molar-refractivity contribution in [2.24, 2.45) is 0 Å². The molecule has 1 rings (SSSR count). The molecule has 0 atom stereocenters. The third kappa shape index (κ3) is 4.13. The number of ether oxygens (including phenoxy) is 1. The van der Waals surface area contributed by atoms with Crippen LogP contribution in [0.1, 0.15) is 40.2 Å². The van der Waals surface area contributed by atoms with E-state index >= 15 is 0 Å². The highest BCUT2D eigenvalue weighted by atomic mass is 79.9. The second-order valence-electron chi connectivity index (χ2n) is 5.44. The molecule has 0 bridgehead atoms. The Labute approximate surface area is 127 Å². The van der Waals surface area contributed by atoms with Crippen molar-refractivity contribution in [3.8, 4) is 5.75 Å². The Morgan fingerprint density at radius 1 is 1.28 bits per heavy atom. The van der Waals surface area contributed by atoms with E-state index in [9.17, 15) is 0 Å². The number of hydrogen-bond acceptors (Lipinski definition) is 1. The zero-order valence-electron chi connectivity index (χ0n) is 11.6. The van der Waals surface area contributed by atoms with Gasteiger partial charge in [-0.1, -0.05) is 42.8 Å². The van der Waals surface area contributed by atoms with Gasteiger partial charge < -0.3 is 4.74 Å². The summed E-state index contributed by atoms with van der Waals surface area (Å²) in [6.45, 7) is 11.3. The van der Waals surface area contributed by atoms with E-state index in [4.69, 9.17) is 4.74 Å². The predicted molar refractivity (Wildman–Crippen MR) is 85.5 cm³/mol. The lowest BCUT2D eigenvalue weighted by molar-refractivity contribution is 0.338. The Bertz CT molecular complexity index is 456. The molecule has 0 aliphatic carbocycles. The van der Waals surface area contributed by atoms with E-state index in [-0.39, 0.29) is 5.41 Å². The molecular weight excluding hydrogens is 356 g/mol. The number of allylic oxidation sites excluding steroid dienone is 1. The van der Waals surface area contributed by atoms with Crippen LogP contribution in [-0.4, -0.2) is 6.61 Å². The maximum atomic E-state index is 5.97. The van der Waals surface area contributed by atoms with Gasteiger partial charge in [0, 0.05) is 10.0 Å². The molecule has 1 aromatic rings. The number of rotatable bonds is 3. The van der Waals surface area contributed by atoms with E-state index in [1.54, 1.807) is 0 Å². The molecule has 0 radical (unpaired) electrons.